The van der Waals surface area contributed by atoms with Crippen LogP contribution in [0.1, 0.15) is 11.1 Å². The summed E-state index contributed by atoms with van der Waals surface area (Å²) >= 11 is 4.44. The minimum absolute atomic E-state index is 0.567. The second kappa shape index (κ2) is 7.83. The van der Waals surface area contributed by atoms with Gasteiger partial charge in [0.25, 0.3) is 0 Å². The first kappa shape index (κ1) is 18.2. The Kier molecular flexibility index (Phi) is 5.28. The molecule has 1 aliphatic rings. The highest BCUT2D eigenvalue weighted by Gasteiger charge is 2.16. The molecule has 1 heterocycles. The number of aryl methyl sites for hydroxylation is 1. The van der Waals surface area contributed by atoms with Gasteiger partial charge in [-0.1, -0.05) is 30.3 Å². The molecule has 1 fully saturated rings. The van der Waals surface area contributed by atoms with Crippen LogP contribution in [0.25, 0.3) is 10.8 Å². The fourth-order valence-electron chi connectivity index (χ4n) is 3.62. The molecule has 0 atom stereocenters. The van der Waals surface area contributed by atoms with Crippen LogP contribution in [0.15, 0.2) is 59.5 Å². The standard InChI is InChI=1S/C23H26N2OS/c1-17-14-18(6-9-23(17)27)16-26-20-8-7-19-4-3-5-22(21(19)15-20)25-12-10-24(2)11-13-25/h3-9,14-15,27H,10-13,16H2,1-2H3. The lowest BCUT2D eigenvalue weighted by atomic mass is 10.1. The molecule has 0 saturated carbocycles. The molecule has 27 heavy (non-hydrogen) atoms. The summed E-state index contributed by atoms with van der Waals surface area (Å²) in [5, 5.41) is 2.52. The SMILES string of the molecule is Cc1cc(COc2ccc3cccc(N4CCN(C)CC4)c3c2)ccc1S. The van der Waals surface area contributed by atoms with Crippen LogP contribution in [-0.4, -0.2) is 38.1 Å². The van der Waals surface area contributed by atoms with E-state index in [1.165, 1.54) is 22.0 Å². The summed E-state index contributed by atoms with van der Waals surface area (Å²) in [7, 11) is 2.19. The number of thiol groups is 1. The number of likely N-dealkylation sites (N-methyl/N-ethyl adjacent to an activating group) is 1. The van der Waals surface area contributed by atoms with Gasteiger partial charge in [-0.2, -0.15) is 0 Å². The normalized spacial score (nSPS) is 15.3. The van der Waals surface area contributed by atoms with Crippen molar-refractivity contribution in [1.29, 1.82) is 0 Å². The molecule has 0 aliphatic carbocycles. The molecule has 0 bridgehead atoms. The first-order valence-corrected chi connectivity index (χ1v) is 9.92. The molecule has 0 radical (unpaired) electrons. The molecule has 0 unspecified atom stereocenters. The van der Waals surface area contributed by atoms with E-state index in [0.717, 1.165) is 42.4 Å². The summed E-state index contributed by atoms with van der Waals surface area (Å²) in [6.07, 6.45) is 0. The summed E-state index contributed by atoms with van der Waals surface area (Å²) < 4.78 is 6.10. The van der Waals surface area contributed by atoms with E-state index in [9.17, 15) is 0 Å². The van der Waals surface area contributed by atoms with E-state index < -0.39 is 0 Å². The first-order valence-electron chi connectivity index (χ1n) is 9.48. The third-order valence-corrected chi connectivity index (χ3v) is 5.84. The van der Waals surface area contributed by atoms with Gasteiger partial charge in [-0.25, -0.2) is 0 Å². The zero-order valence-corrected chi connectivity index (χ0v) is 16.9. The molecule has 0 aromatic heterocycles. The van der Waals surface area contributed by atoms with Gasteiger partial charge in [-0.15, -0.1) is 12.6 Å². The Hall–Kier alpha value is -2.17. The topological polar surface area (TPSA) is 15.7 Å². The molecular formula is C23H26N2OS. The van der Waals surface area contributed by atoms with Crippen LogP contribution in [0.2, 0.25) is 0 Å². The molecule has 1 aliphatic heterocycles. The van der Waals surface area contributed by atoms with E-state index in [1.807, 2.05) is 6.07 Å². The summed E-state index contributed by atoms with van der Waals surface area (Å²) in [6.45, 7) is 6.98. The van der Waals surface area contributed by atoms with Crippen LogP contribution in [0.4, 0.5) is 5.69 Å². The summed E-state index contributed by atoms with van der Waals surface area (Å²) in [5.41, 5.74) is 3.65. The van der Waals surface area contributed by atoms with Crippen molar-refractivity contribution in [3.63, 3.8) is 0 Å². The van der Waals surface area contributed by atoms with Crippen molar-refractivity contribution >= 4 is 29.1 Å². The number of piperazine rings is 1. The van der Waals surface area contributed by atoms with E-state index in [2.05, 4.69) is 84.9 Å². The number of fused-ring (bicyclic) bond motifs is 1. The van der Waals surface area contributed by atoms with E-state index in [-0.39, 0.29) is 0 Å². The second-order valence-corrected chi connectivity index (χ2v) is 7.84. The Morgan fingerprint density at radius 1 is 0.963 bits per heavy atom. The Morgan fingerprint density at radius 2 is 1.78 bits per heavy atom. The molecular weight excluding hydrogens is 352 g/mol. The van der Waals surface area contributed by atoms with Crippen molar-refractivity contribution in [3.05, 3.63) is 65.7 Å². The smallest absolute Gasteiger partial charge is 0.120 e. The maximum absolute atomic E-state index is 6.10. The van der Waals surface area contributed by atoms with Crippen molar-refractivity contribution < 1.29 is 4.74 Å². The van der Waals surface area contributed by atoms with Crippen LogP contribution >= 0.6 is 12.6 Å². The fraction of sp³-hybridized carbons (Fsp3) is 0.304. The first-order chi connectivity index (χ1) is 13.1. The third kappa shape index (κ3) is 4.07. The average molecular weight is 379 g/mol. The van der Waals surface area contributed by atoms with E-state index in [4.69, 9.17) is 4.74 Å². The van der Waals surface area contributed by atoms with Crippen molar-refractivity contribution in [2.75, 3.05) is 38.1 Å². The quantitative estimate of drug-likeness (QED) is 0.659. The predicted molar refractivity (Wildman–Crippen MR) is 116 cm³/mol. The average Bonchev–Trinajstić information content (AvgIpc) is 2.69. The molecule has 3 aromatic rings. The van der Waals surface area contributed by atoms with Crippen LogP contribution in [0, 0.1) is 6.92 Å². The molecule has 3 nitrogen and oxygen atoms in total. The minimum Gasteiger partial charge on any atom is -0.489 e. The molecule has 0 amide bonds. The molecule has 0 spiro atoms. The number of nitrogens with zero attached hydrogens (tertiary/aromatic N) is 2. The summed E-state index contributed by atoms with van der Waals surface area (Å²) in [6, 6.07) is 19.2. The number of hydrogen-bond acceptors (Lipinski definition) is 4. The monoisotopic (exact) mass is 378 g/mol. The maximum Gasteiger partial charge on any atom is 0.120 e. The van der Waals surface area contributed by atoms with Crippen molar-refractivity contribution in [3.8, 4) is 5.75 Å². The highest BCUT2D eigenvalue weighted by molar-refractivity contribution is 7.80. The lowest BCUT2D eigenvalue weighted by Gasteiger charge is -2.34. The minimum atomic E-state index is 0.567. The lowest BCUT2D eigenvalue weighted by molar-refractivity contribution is 0.306. The van der Waals surface area contributed by atoms with Crippen LogP contribution in [0.5, 0.6) is 5.75 Å². The Balaban J connectivity index is 1.57. The van der Waals surface area contributed by atoms with Crippen molar-refractivity contribution in [2.24, 2.45) is 0 Å². The van der Waals surface area contributed by atoms with Gasteiger partial charge in [0.15, 0.2) is 0 Å². The predicted octanol–water partition coefficient (Wildman–Crippen LogP) is 4.77. The van der Waals surface area contributed by atoms with Gasteiger partial charge in [0.1, 0.15) is 12.4 Å². The van der Waals surface area contributed by atoms with E-state index >= 15 is 0 Å². The zero-order chi connectivity index (χ0) is 18.8. The number of benzene rings is 3. The van der Waals surface area contributed by atoms with Gasteiger partial charge in [0.05, 0.1) is 0 Å². The Bertz CT molecular complexity index is 948. The van der Waals surface area contributed by atoms with Gasteiger partial charge in [-0.3, -0.25) is 0 Å². The molecule has 0 N–H and O–H groups in total. The van der Waals surface area contributed by atoms with Gasteiger partial charge in [-0.05, 0) is 54.8 Å². The Morgan fingerprint density at radius 3 is 2.56 bits per heavy atom. The van der Waals surface area contributed by atoms with Gasteiger partial charge >= 0.3 is 0 Å². The molecule has 1 saturated heterocycles. The largest absolute Gasteiger partial charge is 0.489 e. The summed E-state index contributed by atoms with van der Waals surface area (Å²) in [4.78, 5) is 5.89. The number of hydrogen-bond donors (Lipinski definition) is 1. The van der Waals surface area contributed by atoms with Crippen molar-refractivity contribution in [2.45, 2.75) is 18.4 Å². The van der Waals surface area contributed by atoms with Crippen molar-refractivity contribution in [1.82, 2.24) is 4.90 Å². The highest BCUT2D eigenvalue weighted by Crippen LogP contribution is 2.31. The van der Waals surface area contributed by atoms with Gasteiger partial charge in [0.2, 0.25) is 0 Å². The second-order valence-electron chi connectivity index (χ2n) is 7.36. The maximum atomic E-state index is 6.10. The zero-order valence-electron chi connectivity index (χ0n) is 16.0. The molecule has 4 heteroatoms. The Labute approximate surface area is 167 Å². The van der Waals surface area contributed by atoms with E-state index in [0.29, 0.717) is 6.61 Å². The fourth-order valence-corrected chi connectivity index (χ4v) is 3.76. The number of anilines is 1. The number of rotatable bonds is 4. The van der Waals surface area contributed by atoms with Crippen LogP contribution < -0.4 is 9.64 Å². The molecule has 3 aromatic carbocycles. The highest BCUT2D eigenvalue weighted by atomic mass is 32.1. The van der Waals surface area contributed by atoms with E-state index in [1.54, 1.807) is 0 Å². The number of ether oxygens (including phenoxy) is 1. The molecule has 4 rings (SSSR count). The lowest BCUT2D eigenvalue weighted by Crippen LogP contribution is -2.44. The third-order valence-electron chi connectivity index (χ3n) is 5.34. The van der Waals surface area contributed by atoms with Gasteiger partial charge in [0, 0.05) is 42.1 Å². The molecule has 140 valence electrons. The van der Waals surface area contributed by atoms with Crippen LogP contribution in [-0.2, 0) is 6.61 Å². The summed E-state index contributed by atoms with van der Waals surface area (Å²) in [5.74, 6) is 0.914. The van der Waals surface area contributed by atoms with Crippen LogP contribution in [0.3, 0.4) is 0 Å². The van der Waals surface area contributed by atoms with Gasteiger partial charge < -0.3 is 14.5 Å².